The molecule has 0 aliphatic carbocycles. The SMILES string of the molecule is CCC(CCO)NC(=O)c1cccc(OC)c1OC. The van der Waals surface area contributed by atoms with E-state index in [1.807, 2.05) is 6.92 Å². The number of carbonyl (C=O) groups excluding carboxylic acids is 1. The first-order valence-electron chi connectivity index (χ1n) is 6.30. The van der Waals surface area contributed by atoms with Crippen molar-refractivity contribution in [3.8, 4) is 11.5 Å². The monoisotopic (exact) mass is 267 g/mol. The molecule has 0 aliphatic heterocycles. The standard InChI is InChI=1S/C14H21NO4/c1-4-10(8-9-16)15-14(17)11-6-5-7-12(18-2)13(11)19-3/h5-7,10,16H,4,8-9H2,1-3H3,(H,15,17). The zero-order chi connectivity index (χ0) is 14.3. The van der Waals surface area contributed by atoms with E-state index in [0.717, 1.165) is 6.42 Å². The zero-order valence-electron chi connectivity index (χ0n) is 11.6. The van der Waals surface area contributed by atoms with E-state index < -0.39 is 0 Å². The molecule has 0 fully saturated rings. The lowest BCUT2D eigenvalue weighted by Gasteiger charge is -2.17. The van der Waals surface area contributed by atoms with Gasteiger partial charge in [0.25, 0.3) is 5.91 Å². The number of para-hydroxylation sites is 1. The van der Waals surface area contributed by atoms with Gasteiger partial charge in [-0.1, -0.05) is 13.0 Å². The van der Waals surface area contributed by atoms with Gasteiger partial charge in [-0.2, -0.15) is 0 Å². The van der Waals surface area contributed by atoms with Gasteiger partial charge in [0.1, 0.15) is 0 Å². The number of aliphatic hydroxyl groups excluding tert-OH is 1. The number of hydrogen-bond donors (Lipinski definition) is 2. The maximum Gasteiger partial charge on any atom is 0.255 e. The van der Waals surface area contributed by atoms with Crippen molar-refractivity contribution in [1.29, 1.82) is 0 Å². The van der Waals surface area contributed by atoms with Crippen molar-refractivity contribution in [2.75, 3.05) is 20.8 Å². The van der Waals surface area contributed by atoms with E-state index in [1.165, 1.54) is 14.2 Å². The Morgan fingerprint density at radius 1 is 1.37 bits per heavy atom. The lowest BCUT2D eigenvalue weighted by Crippen LogP contribution is -2.35. The first-order chi connectivity index (χ1) is 9.17. The van der Waals surface area contributed by atoms with E-state index in [2.05, 4.69) is 5.32 Å². The molecule has 0 aromatic heterocycles. The first-order valence-corrected chi connectivity index (χ1v) is 6.30. The molecule has 1 aromatic rings. The topological polar surface area (TPSA) is 67.8 Å². The van der Waals surface area contributed by atoms with Gasteiger partial charge in [0, 0.05) is 12.6 Å². The molecule has 1 rings (SSSR count). The summed E-state index contributed by atoms with van der Waals surface area (Å²) >= 11 is 0. The number of methoxy groups -OCH3 is 2. The van der Waals surface area contributed by atoms with Crippen LogP contribution in [0.4, 0.5) is 0 Å². The van der Waals surface area contributed by atoms with Gasteiger partial charge in [-0.25, -0.2) is 0 Å². The fourth-order valence-electron chi connectivity index (χ4n) is 1.86. The highest BCUT2D eigenvalue weighted by Crippen LogP contribution is 2.30. The second-order valence-electron chi connectivity index (χ2n) is 4.13. The third-order valence-electron chi connectivity index (χ3n) is 2.95. The molecule has 1 unspecified atom stereocenters. The van der Waals surface area contributed by atoms with Crippen molar-refractivity contribution in [1.82, 2.24) is 5.32 Å². The van der Waals surface area contributed by atoms with E-state index in [1.54, 1.807) is 18.2 Å². The van der Waals surface area contributed by atoms with Gasteiger partial charge in [0.05, 0.1) is 19.8 Å². The molecule has 0 saturated carbocycles. The van der Waals surface area contributed by atoms with Crippen molar-refractivity contribution >= 4 is 5.91 Å². The minimum atomic E-state index is -0.226. The second-order valence-corrected chi connectivity index (χ2v) is 4.13. The summed E-state index contributed by atoms with van der Waals surface area (Å²) in [6.07, 6.45) is 1.30. The molecule has 0 saturated heterocycles. The molecule has 0 heterocycles. The van der Waals surface area contributed by atoms with Crippen LogP contribution in [0.2, 0.25) is 0 Å². The largest absolute Gasteiger partial charge is 0.493 e. The summed E-state index contributed by atoms with van der Waals surface area (Å²) in [4.78, 5) is 12.2. The molecule has 1 amide bonds. The maximum absolute atomic E-state index is 12.2. The Bertz CT molecular complexity index is 420. The number of aliphatic hydroxyl groups is 1. The summed E-state index contributed by atoms with van der Waals surface area (Å²) in [7, 11) is 3.03. The van der Waals surface area contributed by atoms with Crippen LogP contribution >= 0.6 is 0 Å². The maximum atomic E-state index is 12.2. The highest BCUT2D eigenvalue weighted by atomic mass is 16.5. The fraction of sp³-hybridized carbons (Fsp3) is 0.500. The molecule has 19 heavy (non-hydrogen) atoms. The molecule has 0 bridgehead atoms. The zero-order valence-corrected chi connectivity index (χ0v) is 11.6. The van der Waals surface area contributed by atoms with Crippen LogP contribution in [0, 0.1) is 0 Å². The number of carbonyl (C=O) groups is 1. The van der Waals surface area contributed by atoms with Gasteiger partial charge in [-0.05, 0) is 25.0 Å². The lowest BCUT2D eigenvalue weighted by molar-refractivity contribution is 0.0925. The summed E-state index contributed by atoms with van der Waals surface area (Å²) in [5, 5.41) is 11.8. The molecule has 0 aliphatic rings. The Morgan fingerprint density at radius 2 is 2.11 bits per heavy atom. The van der Waals surface area contributed by atoms with Crippen molar-refractivity contribution in [3.63, 3.8) is 0 Å². The van der Waals surface area contributed by atoms with Crippen LogP contribution in [0.15, 0.2) is 18.2 Å². The first kappa shape index (κ1) is 15.3. The van der Waals surface area contributed by atoms with Gasteiger partial charge in [0.15, 0.2) is 11.5 Å². The Kier molecular flexibility index (Phi) is 6.15. The Morgan fingerprint density at radius 3 is 2.63 bits per heavy atom. The molecule has 5 nitrogen and oxygen atoms in total. The van der Waals surface area contributed by atoms with Crippen LogP contribution < -0.4 is 14.8 Å². The molecule has 1 atom stereocenters. The smallest absolute Gasteiger partial charge is 0.255 e. The third-order valence-corrected chi connectivity index (χ3v) is 2.95. The lowest BCUT2D eigenvalue weighted by atomic mass is 10.1. The third kappa shape index (κ3) is 3.86. The molecule has 106 valence electrons. The van der Waals surface area contributed by atoms with Crippen LogP contribution in [-0.2, 0) is 0 Å². The van der Waals surface area contributed by atoms with E-state index in [0.29, 0.717) is 23.5 Å². The number of nitrogens with one attached hydrogen (secondary N) is 1. The van der Waals surface area contributed by atoms with Crippen molar-refractivity contribution in [2.45, 2.75) is 25.8 Å². The van der Waals surface area contributed by atoms with Gasteiger partial charge < -0.3 is 19.9 Å². The van der Waals surface area contributed by atoms with Crippen LogP contribution in [0.3, 0.4) is 0 Å². The van der Waals surface area contributed by atoms with Crippen LogP contribution in [0.5, 0.6) is 11.5 Å². The molecule has 1 aromatic carbocycles. The molecule has 2 N–H and O–H groups in total. The van der Waals surface area contributed by atoms with E-state index in [-0.39, 0.29) is 18.6 Å². The van der Waals surface area contributed by atoms with Crippen LogP contribution in [0.25, 0.3) is 0 Å². The summed E-state index contributed by atoms with van der Waals surface area (Å²) in [5.74, 6) is 0.711. The molecule has 0 radical (unpaired) electrons. The Hall–Kier alpha value is -1.75. The summed E-state index contributed by atoms with van der Waals surface area (Å²) in [6.45, 7) is 2.01. The summed E-state index contributed by atoms with van der Waals surface area (Å²) in [5.41, 5.74) is 0.429. The van der Waals surface area contributed by atoms with Crippen LogP contribution in [-0.4, -0.2) is 37.9 Å². The highest BCUT2D eigenvalue weighted by Gasteiger charge is 2.18. The molecular weight excluding hydrogens is 246 g/mol. The van der Waals surface area contributed by atoms with Gasteiger partial charge in [0.2, 0.25) is 0 Å². The number of amides is 1. The number of benzene rings is 1. The predicted molar refractivity (Wildman–Crippen MR) is 72.8 cm³/mol. The molecular formula is C14H21NO4. The van der Waals surface area contributed by atoms with Gasteiger partial charge in [-0.15, -0.1) is 0 Å². The van der Waals surface area contributed by atoms with Gasteiger partial charge in [-0.3, -0.25) is 4.79 Å². The average Bonchev–Trinajstić information content (AvgIpc) is 2.45. The van der Waals surface area contributed by atoms with E-state index >= 15 is 0 Å². The average molecular weight is 267 g/mol. The van der Waals surface area contributed by atoms with Crippen molar-refractivity contribution in [2.24, 2.45) is 0 Å². The van der Waals surface area contributed by atoms with Crippen LogP contribution in [0.1, 0.15) is 30.1 Å². The highest BCUT2D eigenvalue weighted by molar-refractivity contribution is 5.98. The minimum absolute atomic E-state index is 0.0478. The number of hydrogen-bond acceptors (Lipinski definition) is 4. The number of rotatable bonds is 7. The Balaban J connectivity index is 2.92. The Labute approximate surface area is 113 Å². The summed E-state index contributed by atoms with van der Waals surface area (Å²) in [6, 6.07) is 5.11. The normalized spacial score (nSPS) is 11.8. The molecule has 0 spiro atoms. The fourth-order valence-corrected chi connectivity index (χ4v) is 1.86. The van der Waals surface area contributed by atoms with E-state index in [4.69, 9.17) is 14.6 Å². The van der Waals surface area contributed by atoms with E-state index in [9.17, 15) is 4.79 Å². The minimum Gasteiger partial charge on any atom is -0.493 e. The predicted octanol–water partition coefficient (Wildman–Crippen LogP) is 1.59. The number of ether oxygens (including phenoxy) is 2. The second kappa shape index (κ2) is 7.63. The van der Waals surface area contributed by atoms with Crippen molar-refractivity contribution < 1.29 is 19.4 Å². The van der Waals surface area contributed by atoms with Gasteiger partial charge >= 0.3 is 0 Å². The molecule has 5 heteroatoms. The van der Waals surface area contributed by atoms with Crippen molar-refractivity contribution in [3.05, 3.63) is 23.8 Å². The summed E-state index contributed by atoms with van der Waals surface area (Å²) < 4.78 is 10.4. The quantitative estimate of drug-likeness (QED) is 0.787.